The first kappa shape index (κ1) is 14.6. The third-order valence-corrected chi connectivity index (χ3v) is 3.39. The highest BCUT2D eigenvalue weighted by molar-refractivity contribution is 6.33. The monoisotopic (exact) mass is 267 g/mol. The molecule has 2 unspecified atom stereocenters. The summed E-state index contributed by atoms with van der Waals surface area (Å²) in [7, 11) is 0. The number of hydrogen-bond donors (Lipinski definition) is 1. The number of halogens is 1. The first-order valence-corrected chi connectivity index (χ1v) is 6.34. The van der Waals surface area contributed by atoms with Crippen molar-refractivity contribution in [3.05, 3.63) is 21.6 Å². The zero-order valence-electron chi connectivity index (χ0n) is 10.9. The van der Waals surface area contributed by atoms with Gasteiger partial charge in [-0.3, -0.25) is 4.79 Å². The highest BCUT2D eigenvalue weighted by Crippen LogP contribution is 2.19. The van der Waals surface area contributed by atoms with Gasteiger partial charge in [-0.2, -0.15) is 5.10 Å². The Bertz CT molecular complexity index is 504. The number of anilines is 1. The minimum Gasteiger partial charge on any atom is -0.377 e. The molecule has 5 heteroatoms. The van der Waals surface area contributed by atoms with Crippen LogP contribution in [-0.2, 0) is 6.54 Å². The first-order valence-electron chi connectivity index (χ1n) is 5.96. The smallest absolute Gasteiger partial charge is 0.292 e. The molecule has 0 amide bonds. The minimum absolute atomic E-state index is 0.141. The van der Waals surface area contributed by atoms with Crippen molar-refractivity contribution in [2.24, 2.45) is 5.92 Å². The van der Waals surface area contributed by atoms with Crippen molar-refractivity contribution >= 4 is 17.3 Å². The van der Waals surface area contributed by atoms with Gasteiger partial charge in [0.2, 0.25) is 0 Å². The predicted molar refractivity (Wildman–Crippen MR) is 74.9 cm³/mol. The van der Waals surface area contributed by atoms with Gasteiger partial charge in [-0.1, -0.05) is 37.8 Å². The number of nitrogens with one attached hydrogen (secondary N) is 1. The SMILES string of the molecule is C#CCn1ncc(Cl)c(NC(C)C(C)CC)c1=O. The van der Waals surface area contributed by atoms with Crippen LogP contribution < -0.4 is 10.9 Å². The highest BCUT2D eigenvalue weighted by Gasteiger charge is 2.15. The largest absolute Gasteiger partial charge is 0.377 e. The summed E-state index contributed by atoms with van der Waals surface area (Å²) in [5.41, 5.74) is 0.0883. The van der Waals surface area contributed by atoms with Gasteiger partial charge in [0, 0.05) is 6.04 Å². The summed E-state index contributed by atoms with van der Waals surface area (Å²) in [5.74, 6) is 2.83. The van der Waals surface area contributed by atoms with Gasteiger partial charge in [0.25, 0.3) is 5.56 Å². The maximum atomic E-state index is 12.1. The molecule has 0 bridgehead atoms. The van der Waals surface area contributed by atoms with Crippen LogP contribution in [0.1, 0.15) is 27.2 Å². The van der Waals surface area contributed by atoms with Crippen molar-refractivity contribution in [1.82, 2.24) is 9.78 Å². The molecule has 0 aliphatic carbocycles. The Morgan fingerprint density at radius 2 is 2.28 bits per heavy atom. The fourth-order valence-corrected chi connectivity index (χ4v) is 1.70. The molecule has 0 aromatic carbocycles. The lowest BCUT2D eigenvalue weighted by atomic mass is 10.0. The summed E-state index contributed by atoms with van der Waals surface area (Å²) in [5, 5.41) is 7.37. The Morgan fingerprint density at radius 1 is 1.61 bits per heavy atom. The van der Waals surface area contributed by atoms with Crippen molar-refractivity contribution in [2.75, 3.05) is 5.32 Å². The van der Waals surface area contributed by atoms with Gasteiger partial charge in [0.05, 0.1) is 11.2 Å². The van der Waals surface area contributed by atoms with Crippen LogP contribution in [0, 0.1) is 18.3 Å². The summed E-state index contributed by atoms with van der Waals surface area (Å²) in [6.07, 6.45) is 7.65. The molecule has 1 heterocycles. The molecular weight excluding hydrogens is 250 g/mol. The van der Waals surface area contributed by atoms with Crippen molar-refractivity contribution in [1.29, 1.82) is 0 Å². The van der Waals surface area contributed by atoms with Gasteiger partial charge < -0.3 is 5.32 Å². The summed E-state index contributed by atoms with van der Waals surface area (Å²) in [6, 6.07) is 0.155. The van der Waals surface area contributed by atoms with E-state index < -0.39 is 0 Å². The van der Waals surface area contributed by atoms with E-state index in [9.17, 15) is 4.79 Å². The van der Waals surface area contributed by atoms with Gasteiger partial charge in [-0.15, -0.1) is 6.42 Å². The average molecular weight is 268 g/mol. The fourth-order valence-electron chi connectivity index (χ4n) is 1.52. The normalized spacial score (nSPS) is 13.7. The Hall–Kier alpha value is -1.47. The Kier molecular flexibility index (Phi) is 5.24. The molecule has 1 aromatic heterocycles. The summed E-state index contributed by atoms with van der Waals surface area (Å²) in [6.45, 7) is 6.39. The van der Waals surface area contributed by atoms with E-state index in [-0.39, 0.29) is 18.1 Å². The standard InChI is InChI=1S/C13H18ClN3O/c1-5-7-17-13(18)12(11(14)8-15-17)16-10(4)9(3)6-2/h1,8-10,16H,6-7H2,2-4H3. The van der Waals surface area contributed by atoms with E-state index in [1.807, 2.05) is 6.92 Å². The molecule has 1 aromatic rings. The topological polar surface area (TPSA) is 46.9 Å². The number of rotatable bonds is 5. The summed E-state index contributed by atoms with van der Waals surface area (Å²) >= 11 is 6.00. The highest BCUT2D eigenvalue weighted by atomic mass is 35.5. The number of aromatic nitrogens is 2. The van der Waals surface area contributed by atoms with E-state index in [1.54, 1.807) is 0 Å². The summed E-state index contributed by atoms with van der Waals surface area (Å²) < 4.78 is 1.22. The van der Waals surface area contributed by atoms with Crippen LogP contribution in [0.25, 0.3) is 0 Å². The second-order valence-electron chi connectivity index (χ2n) is 4.35. The second kappa shape index (κ2) is 6.46. The Morgan fingerprint density at radius 3 is 2.83 bits per heavy atom. The second-order valence-corrected chi connectivity index (χ2v) is 4.76. The van der Waals surface area contributed by atoms with Gasteiger partial charge in [-0.25, -0.2) is 4.68 Å². The van der Waals surface area contributed by atoms with Crippen LogP contribution in [0.5, 0.6) is 0 Å². The molecule has 4 nitrogen and oxygen atoms in total. The van der Waals surface area contributed by atoms with Crippen molar-refractivity contribution in [3.63, 3.8) is 0 Å². The number of terminal acetylenes is 1. The van der Waals surface area contributed by atoms with Crippen LogP contribution >= 0.6 is 11.6 Å². The maximum Gasteiger partial charge on any atom is 0.292 e. The average Bonchev–Trinajstić information content (AvgIpc) is 2.36. The zero-order valence-corrected chi connectivity index (χ0v) is 11.7. The number of nitrogens with zero attached hydrogens (tertiary/aromatic N) is 2. The Labute approximate surface area is 112 Å². The molecule has 98 valence electrons. The molecule has 0 saturated heterocycles. The van der Waals surface area contributed by atoms with Gasteiger partial charge in [0.15, 0.2) is 0 Å². The lowest BCUT2D eigenvalue weighted by Gasteiger charge is -2.21. The molecular formula is C13H18ClN3O. The van der Waals surface area contributed by atoms with Crippen LogP contribution in [0.15, 0.2) is 11.0 Å². The Balaban J connectivity index is 3.05. The van der Waals surface area contributed by atoms with E-state index in [1.165, 1.54) is 10.9 Å². The van der Waals surface area contributed by atoms with E-state index in [0.29, 0.717) is 16.6 Å². The fraction of sp³-hybridized carbons (Fsp3) is 0.538. The molecule has 0 aliphatic rings. The third kappa shape index (κ3) is 3.27. The molecule has 0 saturated carbocycles. The predicted octanol–water partition coefficient (Wildman–Crippen LogP) is 2.38. The molecule has 0 fully saturated rings. The summed E-state index contributed by atoms with van der Waals surface area (Å²) in [4.78, 5) is 12.1. The molecule has 18 heavy (non-hydrogen) atoms. The van der Waals surface area contributed by atoms with E-state index in [0.717, 1.165) is 6.42 Å². The lowest BCUT2D eigenvalue weighted by Crippen LogP contribution is -2.31. The van der Waals surface area contributed by atoms with Crippen molar-refractivity contribution in [2.45, 2.75) is 39.8 Å². The molecule has 2 atom stereocenters. The van der Waals surface area contributed by atoms with Crippen LogP contribution in [-0.4, -0.2) is 15.8 Å². The molecule has 0 radical (unpaired) electrons. The van der Waals surface area contributed by atoms with Crippen LogP contribution in [0.4, 0.5) is 5.69 Å². The number of hydrogen-bond acceptors (Lipinski definition) is 3. The molecule has 0 spiro atoms. The van der Waals surface area contributed by atoms with Gasteiger partial charge in [0.1, 0.15) is 12.2 Å². The first-order chi connectivity index (χ1) is 8.51. The molecule has 1 N–H and O–H groups in total. The van der Waals surface area contributed by atoms with E-state index >= 15 is 0 Å². The molecule has 1 rings (SSSR count). The quantitative estimate of drug-likeness (QED) is 0.834. The van der Waals surface area contributed by atoms with Crippen LogP contribution in [0.2, 0.25) is 5.02 Å². The third-order valence-electron chi connectivity index (χ3n) is 3.11. The zero-order chi connectivity index (χ0) is 13.7. The van der Waals surface area contributed by atoms with E-state index in [2.05, 4.69) is 30.2 Å². The van der Waals surface area contributed by atoms with Crippen molar-refractivity contribution in [3.8, 4) is 12.3 Å². The van der Waals surface area contributed by atoms with Gasteiger partial charge in [-0.05, 0) is 12.8 Å². The van der Waals surface area contributed by atoms with Crippen LogP contribution in [0.3, 0.4) is 0 Å². The van der Waals surface area contributed by atoms with E-state index in [4.69, 9.17) is 18.0 Å². The maximum absolute atomic E-state index is 12.1. The minimum atomic E-state index is -0.282. The lowest BCUT2D eigenvalue weighted by molar-refractivity contribution is 0.493. The van der Waals surface area contributed by atoms with Gasteiger partial charge >= 0.3 is 0 Å². The van der Waals surface area contributed by atoms with Crippen molar-refractivity contribution < 1.29 is 0 Å². The molecule has 0 aliphatic heterocycles.